The molecular weight excluding hydrogens is 218 g/mol. The predicted octanol–water partition coefficient (Wildman–Crippen LogP) is 4.18. The van der Waals surface area contributed by atoms with Gasteiger partial charge in [-0.1, -0.05) is 39.0 Å². The Morgan fingerprint density at radius 1 is 1.25 bits per heavy atom. The van der Waals surface area contributed by atoms with E-state index >= 15 is 0 Å². The predicted molar refractivity (Wildman–Crippen MR) is 72.8 cm³/mol. The van der Waals surface area contributed by atoms with Gasteiger partial charge in [-0.2, -0.15) is 0 Å². The molecule has 0 bridgehead atoms. The first-order chi connectivity index (χ1) is 7.39. The van der Waals surface area contributed by atoms with Crippen molar-refractivity contribution in [2.45, 2.75) is 46.5 Å². The Balaban J connectivity index is 2.19. The lowest BCUT2D eigenvalue weighted by Crippen LogP contribution is -2.31. The molecule has 94 valence electrons. The van der Waals surface area contributed by atoms with Gasteiger partial charge in [-0.15, -0.1) is 0 Å². The lowest BCUT2D eigenvalue weighted by Gasteiger charge is -2.37. The van der Waals surface area contributed by atoms with Crippen molar-refractivity contribution in [3.63, 3.8) is 0 Å². The van der Waals surface area contributed by atoms with Crippen LogP contribution >= 0.6 is 11.6 Å². The van der Waals surface area contributed by atoms with Crippen molar-refractivity contribution in [3.8, 4) is 0 Å². The van der Waals surface area contributed by atoms with Crippen LogP contribution in [-0.2, 0) is 0 Å². The Kier molecular flexibility index (Phi) is 5.33. The molecule has 0 aliphatic heterocycles. The smallest absolute Gasteiger partial charge is 0.0307 e. The van der Waals surface area contributed by atoms with E-state index < -0.39 is 0 Å². The zero-order valence-corrected chi connectivity index (χ0v) is 11.7. The van der Waals surface area contributed by atoms with Crippen molar-refractivity contribution in [3.05, 3.63) is 11.6 Å². The van der Waals surface area contributed by atoms with E-state index in [1.165, 1.54) is 25.7 Å². The highest BCUT2D eigenvalue weighted by atomic mass is 35.5. The Morgan fingerprint density at radius 2 is 1.81 bits per heavy atom. The van der Waals surface area contributed by atoms with Gasteiger partial charge in [-0.25, -0.2) is 0 Å². The fraction of sp³-hybridized carbons (Fsp3) is 0.857. The van der Waals surface area contributed by atoms with Crippen LogP contribution in [0.3, 0.4) is 0 Å². The molecule has 0 heterocycles. The number of nitrogens with one attached hydrogen (secondary N) is 1. The van der Waals surface area contributed by atoms with E-state index in [-0.39, 0.29) is 0 Å². The normalized spacial score (nSPS) is 26.8. The number of rotatable bonds is 4. The molecular formula is C14H26ClN. The van der Waals surface area contributed by atoms with E-state index in [9.17, 15) is 0 Å². The standard InChI is InChI=1S/C14H26ClN/c1-11(15)9-16-10-12-5-7-13(8-6-12)14(2,3)4/h12-13,16H,1,5-10H2,2-4H3. The van der Waals surface area contributed by atoms with E-state index in [4.69, 9.17) is 11.6 Å². The van der Waals surface area contributed by atoms with Crippen LogP contribution < -0.4 is 5.32 Å². The summed E-state index contributed by atoms with van der Waals surface area (Å²) in [6.45, 7) is 12.6. The Labute approximate surface area is 106 Å². The minimum Gasteiger partial charge on any atom is -0.312 e. The first kappa shape index (κ1) is 14.1. The van der Waals surface area contributed by atoms with Crippen molar-refractivity contribution in [2.24, 2.45) is 17.3 Å². The molecule has 1 fully saturated rings. The van der Waals surface area contributed by atoms with Crippen molar-refractivity contribution in [1.29, 1.82) is 0 Å². The van der Waals surface area contributed by atoms with Gasteiger partial charge in [-0.05, 0) is 49.5 Å². The average Bonchev–Trinajstić information content (AvgIpc) is 2.16. The molecule has 1 saturated carbocycles. The quantitative estimate of drug-likeness (QED) is 0.781. The van der Waals surface area contributed by atoms with E-state index in [1.807, 2.05) is 0 Å². The molecule has 2 heteroatoms. The van der Waals surface area contributed by atoms with Gasteiger partial charge in [0.25, 0.3) is 0 Å². The monoisotopic (exact) mass is 243 g/mol. The van der Waals surface area contributed by atoms with Gasteiger partial charge in [-0.3, -0.25) is 0 Å². The van der Waals surface area contributed by atoms with Gasteiger partial charge in [0.2, 0.25) is 0 Å². The largest absolute Gasteiger partial charge is 0.312 e. The first-order valence-electron chi connectivity index (χ1n) is 6.43. The Morgan fingerprint density at radius 3 is 2.25 bits per heavy atom. The lowest BCUT2D eigenvalue weighted by atomic mass is 9.70. The van der Waals surface area contributed by atoms with Crippen molar-refractivity contribution >= 4 is 11.6 Å². The molecule has 0 amide bonds. The van der Waals surface area contributed by atoms with E-state index in [0.717, 1.165) is 24.9 Å². The molecule has 0 atom stereocenters. The summed E-state index contributed by atoms with van der Waals surface area (Å²) in [6.07, 6.45) is 5.50. The van der Waals surface area contributed by atoms with Crippen LogP contribution in [0.5, 0.6) is 0 Å². The summed E-state index contributed by atoms with van der Waals surface area (Å²) in [5, 5.41) is 4.09. The lowest BCUT2D eigenvalue weighted by molar-refractivity contribution is 0.149. The van der Waals surface area contributed by atoms with Crippen LogP contribution in [0.15, 0.2) is 11.6 Å². The summed E-state index contributed by atoms with van der Waals surface area (Å²) in [4.78, 5) is 0. The third kappa shape index (κ3) is 4.88. The topological polar surface area (TPSA) is 12.0 Å². The molecule has 0 unspecified atom stereocenters. The zero-order chi connectivity index (χ0) is 12.2. The molecule has 0 saturated heterocycles. The minimum atomic E-state index is 0.489. The maximum Gasteiger partial charge on any atom is 0.0307 e. The highest BCUT2D eigenvalue weighted by Crippen LogP contribution is 2.39. The van der Waals surface area contributed by atoms with Crippen LogP contribution in [-0.4, -0.2) is 13.1 Å². The number of hydrogen-bond donors (Lipinski definition) is 1. The van der Waals surface area contributed by atoms with Crippen LogP contribution in [0.4, 0.5) is 0 Å². The molecule has 0 spiro atoms. The van der Waals surface area contributed by atoms with Gasteiger partial charge in [0.15, 0.2) is 0 Å². The Bertz CT molecular complexity index is 221. The van der Waals surface area contributed by atoms with Gasteiger partial charge in [0.05, 0.1) is 0 Å². The third-order valence-corrected chi connectivity index (χ3v) is 3.95. The van der Waals surface area contributed by atoms with E-state index in [1.54, 1.807) is 0 Å². The molecule has 16 heavy (non-hydrogen) atoms. The fourth-order valence-corrected chi connectivity index (χ4v) is 2.74. The molecule has 0 aromatic rings. The summed E-state index contributed by atoms with van der Waals surface area (Å²) in [5.41, 5.74) is 0.489. The molecule has 1 aliphatic rings. The zero-order valence-electron chi connectivity index (χ0n) is 11.0. The molecule has 1 nitrogen and oxygen atoms in total. The maximum absolute atomic E-state index is 5.72. The number of hydrogen-bond acceptors (Lipinski definition) is 1. The van der Waals surface area contributed by atoms with Crippen molar-refractivity contribution < 1.29 is 0 Å². The third-order valence-electron chi connectivity index (χ3n) is 3.82. The molecule has 1 N–H and O–H groups in total. The van der Waals surface area contributed by atoms with Crippen LogP contribution in [0.2, 0.25) is 0 Å². The summed E-state index contributed by atoms with van der Waals surface area (Å²) in [7, 11) is 0. The average molecular weight is 244 g/mol. The Hall–Kier alpha value is -0.0100. The maximum atomic E-state index is 5.72. The minimum absolute atomic E-state index is 0.489. The van der Waals surface area contributed by atoms with Gasteiger partial charge >= 0.3 is 0 Å². The summed E-state index contributed by atoms with van der Waals surface area (Å²) in [6, 6.07) is 0. The summed E-state index contributed by atoms with van der Waals surface area (Å²) in [5.74, 6) is 1.75. The highest BCUT2D eigenvalue weighted by Gasteiger charge is 2.29. The van der Waals surface area contributed by atoms with Crippen molar-refractivity contribution in [2.75, 3.05) is 13.1 Å². The molecule has 1 rings (SSSR count). The second-order valence-corrected chi connectivity index (χ2v) is 6.77. The van der Waals surface area contributed by atoms with Gasteiger partial charge in [0.1, 0.15) is 0 Å². The molecule has 1 aliphatic carbocycles. The second kappa shape index (κ2) is 6.07. The van der Waals surface area contributed by atoms with Crippen LogP contribution in [0.1, 0.15) is 46.5 Å². The SMILES string of the molecule is C=C(Cl)CNCC1CCC(C(C)(C)C)CC1. The van der Waals surface area contributed by atoms with E-state index in [2.05, 4.69) is 32.7 Å². The second-order valence-electron chi connectivity index (χ2n) is 6.23. The number of halogens is 1. The van der Waals surface area contributed by atoms with E-state index in [0.29, 0.717) is 10.4 Å². The van der Waals surface area contributed by atoms with Crippen molar-refractivity contribution in [1.82, 2.24) is 5.32 Å². The molecule has 0 radical (unpaired) electrons. The first-order valence-corrected chi connectivity index (χ1v) is 6.81. The molecule has 0 aromatic carbocycles. The molecule has 0 aromatic heterocycles. The van der Waals surface area contributed by atoms with Crippen LogP contribution in [0.25, 0.3) is 0 Å². The van der Waals surface area contributed by atoms with Gasteiger partial charge in [0, 0.05) is 11.6 Å². The summed E-state index contributed by atoms with van der Waals surface area (Å²) < 4.78 is 0. The summed E-state index contributed by atoms with van der Waals surface area (Å²) >= 11 is 5.72. The fourth-order valence-electron chi connectivity index (χ4n) is 2.64. The van der Waals surface area contributed by atoms with Crippen LogP contribution in [0, 0.1) is 17.3 Å². The highest BCUT2D eigenvalue weighted by molar-refractivity contribution is 6.29. The van der Waals surface area contributed by atoms with Gasteiger partial charge < -0.3 is 5.32 Å².